The summed E-state index contributed by atoms with van der Waals surface area (Å²) in [6.07, 6.45) is 0. The van der Waals surface area contributed by atoms with Gasteiger partial charge in [0.25, 0.3) is 0 Å². The van der Waals surface area contributed by atoms with Crippen LogP contribution in [0.15, 0.2) is 48.5 Å². The highest BCUT2D eigenvalue weighted by molar-refractivity contribution is 5.46. The number of hydrogen-bond acceptors (Lipinski definition) is 3. The summed E-state index contributed by atoms with van der Waals surface area (Å²) in [5.74, 6) is 1.99. The molecule has 1 aliphatic rings. The molecule has 1 aliphatic heterocycles. The van der Waals surface area contributed by atoms with E-state index in [1.807, 2.05) is 48.5 Å². The van der Waals surface area contributed by atoms with Gasteiger partial charge in [0, 0.05) is 5.92 Å². The van der Waals surface area contributed by atoms with Gasteiger partial charge in [0.2, 0.25) is 0 Å². The third-order valence-corrected chi connectivity index (χ3v) is 3.53. The molecule has 0 bridgehead atoms. The Kier molecular flexibility index (Phi) is 3.61. The topological polar surface area (TPSA) is 44.5 Å². The lowest BCUT2D eigenvalue weighted by Crippen LogP contribution is -2.12. The van der Waals surface area contributed by atoms with Gasteiger partial charge in [0.05, 0.1) is 19.3 Å². The molecule has 1 heterocycles. The number of hydrogen-bond donors (Lipinski definition) is 1. The molecule has 3 rings (SSSR count). The third-order valence-electron chi connectivity index (χ3n) is 3.53. The summed E-state index contributed by atoms with van der Waals surface area (Å²) in [6, 6.07) is 15.9. The third kappa shape index (κ3) is 2.63. The first-order valence-electron chi connectivity index (χ1n) is 6.94. The van der Waals surface area contributed by atoms with Gasteiger partial charge in [-0.05, 0) is 23.3 Å². The van der Waals surface area contributed by atoms with E-state index in [9.17, 15) is 0 Å². The van der Waals surface area contributed by atoms with Gasteiger partial charge < -0.3 is 15.2 Å². The molecule has 0 saturated carbocycles. The lowest BCUT2D eigenvalue weighted by Gasteiger charge is -2.15. The van der Waals surface area contributed by atoms with Crippen LogP contribution in [0.4, 0.5) is 0 Å². The second kappa shape index (κ2) is 5.55. The molecule has 3 nitrogen and oxygen atoms in total. The normalized spacial score (nSPS) is 19.2. The van der Waals surface area contributed by atoms with E-state index in [1.54, 1.807) is 0 Å². The Balaban J connectivity index is 1.89. The standard InChI is InChI=1S/C17H19NO2/c1-12-10-19-15-8-7-14(9-16(15)20-11-12)17(18)13-5-3-2-4-6-13/h2-9,12,17H,10-11,18H2,1H3. The predicted octanol–water partition coefficient (Wildman–Crippen LogP) is 3.14. The predicted molar refractivity (Wildman–Crippen MR) is 79.1 cm³/mol. The molecule has 0 fully saturated rings. The molecule has 0 spiro atoms. The van der Waals surface area contributed by atoms with Crippen molar-refractivity contribution in [1.82, 2.24) is 0 Å². The first-order valence-corrected chi connectivity index (χ1v) is 6.94. The van der Waals surface area contributed by atoms with Crippen LogP contribution in [0.5, 0.6) is 11.5 Å². The zero-order valence-electron chi connectivity index (χ0n) is 11.6. The average molecular weight is 269 g/mol. The molecule has 2 atom stereocenters. The maximum atomic E-state index is 6.32. The van der Waals surface area contributed by atoms with E-state index < -0.39 is 0 Å². The molecule has 2 aromatic carbocycles. The van der Waals surface area contributed by atoms with Crippen LogP contribution in [-0.4, -0.2) is 13.2 Å². The number of ether oxygens (including phenoxy) is 2. The first-order chi connectivity index (χ1) is 9.74. The van der Waals surface area contributed by atoms with Crippen LogP contribution >= 0.6 is 0 Å². The molecule has 104 valence electrons. The molecule has 2 aromatic rings. The molecule has 0 saturated heterocycles. The lowest BCUT2D eigenvalue weighted by molar-refractivity contribution is 0.228. The molecular formula is C17H19NO2. The van der Waals surface area contributed by atoms with Crippen LogP contribution in [0.25, 0.3) is 0 Å². The van der Waals surface area contributed by atoms with Crippen molar-refractivity contribution in [3.05, 3.63) is 59.7 Å². The van der Waals surface area contributed by atoms with Crippen molar-refractivity contribution >= 4 is 0 Å². The minimum Gasteiger partial charge on any atom is -0.489 e. The van der Waals surface area contributed by atoms with Gasteiger partial charge >= 0.3 is 0 Å². The van der Waals surface area contributed by atoms with E-state index in [0.29, 0.717) is 19.1 Å². The number of benzene rings is 2. The highest BCUT2D eigenvalue weighted by Gasteiger charge is 2.17. The van der Waals surface area contributed by atoms with Crippen molar-refractivity contribution < 1.29 is 9.47 Å². The van der Waals surface area contributed by atoms with E-state index in [2.05, 4.69) is 6.92 Å². The smallest absolute Gasteiger partial charge is 0.161 e. The number of fused-ring (bicyclic) bond motifs is 1. The van der Waals surface area contributed by atoms with Gasteiger partial charge in [0.15, 0.2) is 11.5 Å². The molecule has 3 heteroatoms. The minimum absolute atomic E-state index is 0.147. The number of nitrogens with two attached hydrogens (primary N) is 1. The van der Waals surface area contributed by atoms with Crippen LogP contribution < -0.4 is 15.2 Å². The van der Waals surface area contributed by atoms with Crippen molar-refractivity contribution in [2.24, 2.45) is 11.7 Å². The second-order valence-corrected chi connectivity index (χ2v) is 5.32. The molecule has 0 aromatic heterocycles. The summed E-state index contributed by atoms with van der Waals surface area (Å²) < 4.78 is 11.5. The Bertz CT molecular complexity index is 583. The molecule has 0 aliphatic carbocycles. The van der Waals surface area contributed by atoms with Gasteiger partial charge in [-0.1, -0.05) is 43.3 Å². The number of rotatable bonds is 2. The SMILES string of the molecule is CC1COc2ccc(C(N)c3ccccc3)cc2OC1. The Hall–Kier alpha value is -2.00. The van der Waals surface area contributed by atoms with Crippen molar-refractivity contribution in [1.29, 1.82) is 0 Å². The highest BCUT2D eigenvalue weighted by Crippen LogP contribution is 2.33. The maximum absolute atomic E-state index is 6.32. The molecule has 0 radical (unpaired) electrons. The molecular weight excluding hydrogens is 250 g/mol. The van der Waals surface area contributed by atoms with E-state index in [4.69, 9.17) is 15.2 Å². The van der Waals surface area contributed by atoms with E-state index in [0.717, 1.165) is 22.6 Å². The highest BCUT2D eigenvalue weighted by atomic mass is 16.5. The Labute approximate surface area is 119 Å². The monoisotopic (exact) mass is 269 g/mol. The summed E-state index contributed by atoms with van der Waals surface area (Å²) >= 11 is 0. The first kappa shape index (κ1) is 13.0. The van der Waals surface area contributed by atoms with Crippen molar-refractivity contribution in [2.45, 2.75) is 13.0 Å². The van der Waals surface area contributed by atoms with Gasteiger partial charge in [-0.2, -0.15) is 0 Å². The summed E-state index contributed by atoms with van der Waals surface area (Å²) in [6.45, 7) is 3.48. The van der Waals surface area contributed by atoms with Crippen LogP contribution in [0.1, 0.15) is 24.1 Å². The summed E-state index contributed by atoms with van der Waals surface area (Å²) in [4.78, 5) is 0. The summed E-state index contributed by atoms with van der Waals surface area (Å²) in [5, 5.41) is 0. The fourth-order valence-corrected chi connectivity index (χ4v) is 2.32. The average Bonchev–Trinajstić information content (AvgIpc) is 2.69. The zero-order chi connectivity index (χ0) is 13.9. The van der Waals surface area contributed by atoms with Gasteiger partial charge in [-0.25, -0.2) is 0 Å². The second-order valence-electron chi connectivity index (χ2n) is 5.32. The molecule has 20 heavy (non-hydrogen) atoms. The van der Waals surface area contributed by atoms with Crippen LogP contribution in [0.2, 0.25) is 0 Å². The van der Waals surface area contributed by atoms with E-state index >= 15 is 0 Å². The van der Waals surface area contributed by atoms with Crippen LogP contribution in [0.3, 0.4) is 0 Å². The summed E-state index contributed by atoms with van der Waals surface area (Å²) in [7, 11) is 0. The van der Waals surface area contributed by atoms with Crippen molar-refractivity contribution in [3.63, 3.8) is 0 Å². The van der Waals surface area contributed by atoms with Gasteiger partial charge in [-0.15, -0.1) is 0 Å². The fourth-order valence-electron chi connectivity index (χ4n) is 2.32. The fraction of sp³-hybridized carbons (Fsp3) is 0.294. The quantitative estimate of drug-likeness (QED) is 0.911. The Morgan fingerprint density at radius 1 is 0.950 bits per heavy atom. The largest absolute Gasteiger partial charge is 0.489 e. The molecule has 2 N–H and O–H groups in total. The maximum Gasteiger partial charge on any atom is 0.161 e. The minimum atomic E-state index is -0.147. The summed E-state index contributed by atoms with van der Waals surface area (Å²) in [5.41, 5.74) is 8.45. The van der Waals surface area contributed by atoms with Crippen molar-refractivity contribution in [2.75, 3.05) is 13.2 Å². The van der Waals surface area contributed by atoms with E-state index in [1.165, 1.54) is 0 Å². The van der Waals surface area contributed by atoms with Gasteiger partial charge in [0.1, 0.15) is 0 Å². The Morgan fingerprint density at radius 2 is 1.65 bits per heavy atom. The van der Waals surface area contributed by atoms with Gasteiger partial charge in [-0.3, -0.25) is 0 Å². The van der Waals surface area contributed by atoms with Crippen LogP contribution in [-0.2, 0) is 0 Å². The van der Waals surface area contributed by atoms with Crippen LogP contribution in [0, 0.1) is 5.92 Å². The molecule has 2 unspecified atom stereocenters. The zero-order valence-corrected chi connectivity index (χ0v) is 11.6. The Morgan fingerprint density at radius 3 is 2.40 bits per heavy atom. The van der Waals surface area contributed by atoms with Crippen molar-refractivity contribution in [3.8, 4) is 11.5 Å². The van der Waals surface area contributed by atoms with E-state index in [-0.39, 0.29) is 6.04 Å². The molecule has 0 amide bonds. The lowest BCUT2D eigenvalue weighted by atomic mass is 9.99.